The lowest BCUT2D eigenvalue weighted by Crippen LogP contribution is -2.00. The average molecular weight is 256 g/mol. The molecule has 3 nitrogen and oxygen atoms in total. The summed E-state index contributed by atoms with van der Waals surface area (Å²) in [6.45, 7) is 4.89. The van der Waals surface area contributed by atoms with Crippen molar-refractivity contribution in [3.63, 3.8) is 0 Å². The minimum absolute atomic E-state index is 0.459. The molecule has 0 spiro atoms. The van der Waals surface area contributed by atoms with Gasteiger partial charge in [0.1, 0.15) is 18.2 Å². The number of hydrogen-bond donors (Lipinski definition) is 1. The number of hydrogen-bond acceptors (Lipinski definition) is 3. The Morgan fingerprint density at radius 1 is 1.16 bits per heavy atom. The third kappa shape index (κ3) is 3.47. The van der Waals surface area contributed by atoms with Crippen molar-refractivity contribution >= 4 is 5.82 Å². The van der Waals surface area contributed by atoms with Gasteiger partial charge in [0.2, 0.25) is 0 Å². The molecule has 1 aromatic carbocycles. The number of nitrogens with one attached hydrogen (secondary N) is 1. The number of ether oxygens (including phenoxy) is 1. The minimum atomic E-state index is 0.459. The van der Waals surface area contributed by atoms with Crippen LogP contribution in [0.15, 0.2) is 42.6 Å². The van der Waals surface area contributed by atoms with E-state index in [0.717, 1.165) is 17.1 Å². The summed E-state index contributed by atoms with van der Waals surface area (Å²) in [5.74, 6) is 2.28. The van der Waals surface area contributed by atoms with Crippen molar-refractivity contribution in [2.24, 2.45) is 0 Å². The first-order chi connectivity index (χ1) is 9.20. The van der Waals surface area contributed by atoms with Crippen LogP contribution in [0.4, 0.5) is 5.82 Å². The molecule has 0 bridgehead atoms. The van der Waals surface area contributed by atoms with Gasteiger partial charge in [-0.25, -0.2) is 4.98 Å². The lowest BCUT2D eigenvalue weighted by molar-refractivity contribution is 0.301. The zero-order chi connectivity index (χ0) is 13.7. The highest BCUT2D eigenvalue weighted by molar-refractivity contribution is 5.37. The number of rotatable bonds is 5. The second kappa shape index (κ2) is 6.23. The number of anilines is 1. The summed E-state index contributed by atoms with van der Waals surface area (Å²) in [5, 5.41) is 3.00. The van der Waals surface area contributed by atoms with Crippen LogP contribution in [0.25, 0.3) is 0 Å². The molecule has 0 radical (unpaired) electrons. The van der Waals surface area contributed by atoms with Crippen molar-refractivity contribution in [2.75, 3.05) is 12.4 Å². The molecule has 0 fully saturated rings. The maximum Gasteiger partial charge on any atom is 0.125 e. The molecule has 100 valence electrons. The van der Waals surface area contributed by atoms with Gasteiger partial charge in [0.05, 0.1) is 0 Å². The summed E-state index contributed by atoms with van der Waals surface area (Å²) in [4.78, 5) is 4.28. The number of benzene rings is 1. The Labute approximate surface area is 114 Å². The van der Waals surface area contributed by atoms with Gasteiger partial charge < -0.3 is 10.1 Å². The highest BCUT2D eigenvalue weighted by Crippen LogP contribution is 2.26. The molecule has 1 N–H and O–H groups in total. The number of pyridine rings is 1. The molecule has 2 aromatic rings. The molecular weight excluding hydrogens is 236 g/mol. The van der Waals surface area contributed by atoms with Gasteiger partial charge in [-0.05, 0) is 23.6 Å². The molecule has 1 heterocycles. The molecule has 0 amide bonds. The third-order valence-electron chi connectivity index (χ3n) is 3.02. The zero-order valence-electron chi connectivity index (χ0n) is 11.7. The Morgan fingerprint density at radius 3 is 2.58 bits per heavy atom. The molecule has 0 aliphatic heterocycles. The van der Waals surface area contributed by atoms with Gasteiger partial charge in [-0.1, -0.05) is 38.1 Å². The molecule has 0 unspecified atom stereocenters. The SMILES string of the molecule is CNc1ccc(COc2ccccc2C(C)C)cn1. The highest BCUT2D eigenvalue weighted by Gasteiger charge is 2.06. The Kier molecular flexibility index (Phi) is 4.39. The fraction of sp³-hybridized carbons (Fsp3) is 0.312. The van der Waals surface area contributed by atoms with E-state index < -0.39 is 0 Å². The van der Waals surface area contributed by atoms with E-state index in [0.29, 0.717) is 12.5 Å². The Bertz CT molecular complexity index is 521. The van der Waals surface area contributed by atoms with Crippen LogP contribution in [-0.4, -0.2) is 12.0 Å². The first-order valence-corrected chi connectivity index (χ1v) is 6.55. The quantitative estimate of drug-likeness (QED) is 0.883. The predicted molar refractivity (Wildman–Crippen MR) is 78.6 cm³/mol. The van der Waals surface area contributed by atoms with Crippen molar-refractivity contribution in [2.45, 2.75) is 26.4 Å². The summed E-state index contributed by atoms with van der Waals surface area (Å²) in [7, 11) is 1.86. The van der Waals surface area contributed by atoms with Gasteiger partial charge in [-0.2, -0.15) is 0 Å². The Morgan fingerprint density at radius 2 is 1.95 bits per heavy atom. The van der Waals surface area contributed by atoms with E-state index in [1.807, 2.05) is 43.6 Å². The van der Waals surface area contributed by atoms with Gasteiger partial charge in [0.15, 0.2) is 0 Å². The summed E-state index contributed by atoms with van der Waals surface area (Å²) in [6.07, 6.45) is 1.84. The number of para-hydroxylation sites is 1. The van der Waals surface area contributed by atoms with Crippen LogP contribution >= 0.6 is 0 Å². The maximum absolute atomic E-state index is 5.90. The van der Waals surface area contributed by atoms with E-state index in [1.54, 1.807) is 0 Å². The molecule has 0 saturated carbocycles. The molecule has 0 atom stereocenters. The molecule has 19 heavy (non-hydrogen) atoms. The van der Waals surface area contributed by atoms with E-state index in [1.165, 1.54) is 5.56 Å². The van der Waals surface area contributed by atoms with Crippen LogP contribution in [0.5, 0.6) is 5.75 Å². The topological polar surface area (TPSA) is 34.1 Å². The van der Waals surface area contributed by atoms with Crippen LogP contribution in [0.3, 0.4) is 0 Å². The Balaban J connectivity index is 2.05. The summed E-state index contributed by atoms with van der Waals surface area (Å²) < 4.78 is 5.90. The van der Waals surface area contributed by atoms with Crippen molar-refractivity contribution < 1.29 is 4.74 Å². The van der Waals surface area contributed by atoms with E-state index in [4.69, 9.17) is 4.74 Å². The smallest absolute Gasteiger partial charge is 0.125 e. The van der Waals surface area contributed by atoms with Crippen molar-refractivity contribution in [1.29, 1.82) is 0 Å². The van der Waals surface area contributed by atoms with E-state index in [9.17, 15) is 0 Å². The van der Waals surface area contributed by atoms with Crippen LogP contribution in [0.2, 0.25) is 0 Å². The minimum Gasteiger partial charge on any atom is -0.489 e. The zero-order valence-corrected chi connectivity index (χ0v) is 11.7. The monoisotopic (exact) mass is 256 g/mol. The highest BCUT2D eigenvalue weighted by atomic mass is 16.5. The van der Waals surface area contributed by atoms with Crippen LogP contribution < -0.4 is 10.1 Å². The van der Waals surface area contributed by atoms with Gasteiger partial charge in [0.25, 0.3) is 0 Å². The fourth-order valence-electron chi connectivity index (χ4n) is 1.91. The van der Waals surface area contributed by atoms with Crippen LogP contribution in [-0.2, 0) is 6.61 Å². The maximum atomic E-state index is 5.90. The second-order valence-electron chi connectivity index (χ2n) is 4.78. The van der Waals surface area contributed by atoms with Crippen LogP contribution in [0.1, 0.15) is 30.9 Å². The van der Waals surface area contributed by atoms with E-state index in [-0.39, 0.29) is 0 Å². The standard InChI is InChI=1S/C16H20N2O/c1-12(2)14-6-4-5-7-15(14)19-11-13-8-9-16(17-3)18-10-13/h4-10,12H,11H2,1-3H3,(H,17,18). The largest absolute Gasteiger partial charge is 0.489 e. The molecule has 0 saturated heterocycles. The van der Waals surface area contributed by atoms with Crippen LogP contribution in [0, 0.1) is 0 Å². The van der Waals surface area contributed by atoms with Gasteiger partial charge >= 0.3 is 0 Å². The number of aromatic nitrogens is 1. The van der Waals surface area contributed by atoms with Crippen molar-refractivity contribution in [3.8, 4) is 5.75 Å². The van der Waals surface area contributed by atoms with Crippen molar-refractivity contribution in [1.82, 2.24) is 4.98 Å². The molecule has 0 aliphatic carbocycles. The molecule has 3 heteroatoms. The molecular formula is C16H20N2O. The van der Waals surface area contributed by atoms with Gasteiger partial charge in [-0.3, -0.25) is 0 Å². The first-order valence-electron chi connectivity index (χ1n) is 6.55. The molecule has 0 aliphatic rings. The summed E-state index contributed by atoms with van der Waals surface area (Å²) in [5.41, 5.74) is 2.31. The average Bonchev–Trinajstić information content (AvgIpc) is 2.46. The molecule has 2 rings (SSSR count). The predicted octanol–water partition coefficient (Wildman–Crippen LogP) is 3.83. The number of nitrogens with zero attached hydrogens (tertiary/aromatic N) is 1. The normalized spacial score (nSPS) is 10.5. The lowest BCUT2D eigenvalue weighted by Gasteiger charge is -2.13. The van der Waals surface area contributed by atoms with E-state index >= 15 is 0 Å². The van der Waals surface area contributed by atoms with Crippen molar-refractivity contribution in [3.05, 3.63) is 53.7 Å². The van der Waals surface area contributed by atoms with Gasteiger partial charge in [0, 0.05) is 18.8 Å². The molecule has 1 aromatic heterocycles. The summed E-state index contributed by atoms with van der Waals surface area (Å²) in [6, 6.07) is 12.2. The summed E-state index contributed by atoms with van der Waals surface area (Å²) >= 11 is 0. The van der Waals surface area contributed by atoms with Gasteiger partial charge in [-0.15, -0.1) is 0 Å². The third-order valence-corrected chi connectivity index (χ3v) is 3.02. The van der Waals surface area contributed by atoms with E-state index in [2.05, 4.69) is 30.2 Å². The Hall–Kier alpha value is -2.03. The second-order valence-corrected chi connectivity index (χ2v) is 4.78. The fourth-order valence-corrected chi connectivity index (χ4v) is 1.91. The first kappa shape index (κ1) is 13.4. The lowest BCUT2D eigenvalue weighted by atomic mass is 10.0.